The Kier molecular flexibility index (Phi) is 2.57. The van der Waals surface area contributed by atoms with Gasteiger partial charge in [0.05, 0.1) is 11.1 Å². The van der Waals surface area contributed by atoms with Gasteiger partial charge in [0.15, 0.2) is 5.11 Å². The van der Waals surface area contributed by atoms with E-state index in [1.165, 1.54) is 0 Å². The molecule has 82 valence electrons. The van der Waals surface area contributed by atoms with Gasteiger partial charge in [-0.05, 0) is 30.4 Å². The Balaban J connectivity index is 2.33. The second-order valence-electron chi connectivity index (χ2n) is 3.25. The standard InChI is InChI=1S/C10H9N3O2S/c1-11-10(16)12-5-2-3-6-7(4-5)9(15)13-8(6)14/h2-4H,1H3,(H2,11,12,16)(H,13,14,15). The first-order valence-electron chi connectivity index (χ1n) is 4.60. The van der Waals surface area contributed by atoms with Gasteiger partial charge in [0.25, 0.3) is 11.8 Å². The number of benzene rings is 1. The molecule has 1 aromatic carbocycles. The van der Waals surface area contributed by atoms with Gasteiger partial charge in [-0.3, -0.25) is 14.9 Å². The molecule has 5 nitrogen and oxygen atoms in total. The maximum Gasteiger partial charge on any atom is 0.259 e. The van der Waals surface area contributed by atoms with E-state index in [9.17, 15) is 9.59 Å². The molecule has 0 unspecified atom stereocenters. The summed E-state index contributed by atoms with van der Waals surface area (Å²) < 4.78 is 0. The van der Waals surface area contributed by atoms with E-state index in [1.807, 2.05) is 0 Å². The van der Waals surface area contributed by atoms with Crippen LogP contribution in [0.2, 0.25) is 0 Å². The zero-order valence-electron chi connectivity index (χ0n) is 8.46. The van der Waals surface area contributed by atoms with E-state index in [4.69, 9.17) is 12.2 Å². The highest BCUT2D eigenvalue weighted by atomic mass is 32.1. The second kappa shape index (κ2) is 3.90. The Morgan fingerprint density at radius 3 is 2.62 bits per heavy atom. The number of carbonyl (C=O) groups is 2. The lowest BCUT2D eigenvalue weighted by molar-refractivity contribution is 0.0879. The topological polar surface area (TPSA) is 70.2 Å². The third-order valence-corrected chi connectivity index (χ3v) is 2.53. The highest BCUT2D eigenvalue weighted by molar-refractivity contribution is 7.80. The van der Waals surface area contributed by atoms with Crippen LogP contribution in [0.1, 0.15) is 20.7 Å². The number of fused-ring (bicyclic) bond motifs is 1. The number of hydrogen-bond acceptors (Lipinski definition) is 3. The lowest BCUT2D eigenvalue weighted by atomic mass is 10.1. The fourth-order valence-electron chi connectivity index (χ4n) is 1.44. The van der Waals surface area contributed by atoms with E-state index in [-0.39, 0.29) is 11.8 Å². The maximum atomic E-state index is 11.4. The zero-order valence-corrected chi connectivity index (χ0v) is 9.27. The molecule has 1 aliphatic heterocycles. The summed E-state index contributed by atoms with van der Waals surface area (Å²) in [7, 11) is 1.69. The van der Waals surface area contributed by atoms with Crippen molar-refractivity contribution in [1.29, 1.82) is 0 Å². The molecule has 1 aromatic rings. The third kappa shape index (κ3) is 1.74. The number of carbonyl (C=O) groups excluding carboxylic acids is 2. The van der Waals surface area contributed by atoms with Crippen molar-refractivity contribution < 1.29 is 9.59 Å². The van der Waals surface area contributed by atoms with Crippen molar-refractivity contribution in [3.05, 3.63) is 29.3 Å². The fraction of sp³-hybridized carbons (Fsp3) is 0.100. The van der Waals surface area contributed by atoms with Crippen LogP contribution < -0.4 is 16.0 Å². The van der Waals surface area contributed by atoms with Crippen molar-refractivity contribution in [2.75, 3.05) is 12.4 Å². The van der Waals surface area contributed by atoms with Crippen molar-refractivity contribution in [2.45, 2.75) is 0 Å². The highest BCUT2D eigenvalue weighted by Gasteiger charge is 2.26. The minimum absolute atomic E-state index is 0.359. The Hall–Kier alpha value is -1.95. The van der Waals surface area contributed by atoms with E-state index < -0.39 is 0 Å². The summed E-state index contributed by atoms with van der Waals surface area (Å²) in [5, 5.41) is 8.31. The van der Waals surface area contributed by atoms with Gasteiger partial charge in [0.1, 0.15) is 0 Å². The first-order valence-corrected chi connectivity index (χ1v) is 5.01. The van der Waals surface area contributed by atoms with Crippen LogP contribution in [-0.2, 0) is 0 Å². The molecule has 16 heavy (non-hydrogen) atoms. The molecule has 2 rings (SSSR count). The first-order chi connectivity index (χ1) is 7.61. The molecule has 0 spiro atoms. The molecule has 0 saturated heterocycles. The first kappa shape index (κ1) is 10.6. The fourth-order valence-corrected chi connectivity index (χ4v) is 1.56. The molecule has 2 amide bonds. The minimum Gasteiger partial charge on any atom is -0.366 e. The molecular weight excluding hydrogens is 226 g/mol. The van der Waals surface area contributed by atoms with Gasteiger partial charge < -0.3 is 10.6 Å². The summed E-state index contributed by atoms with van der Waals surface area (Å²) in [6.07, 6.45) is 0. The predicted octanol–water partition coefficient (Wildman–Crippen LogP) is 0.486. The molecule has 0 bridgehead atoms. The van der Waals surface area contributed by atoms with E-state index in [0.29, 0.717) is 21.9 Å². The average Bonchev–Trinajstić information content (AvgIpc) is 2.54. The molecule has 0 saturated carbocycles. The monoisotopic (exact) mass is 235 g/mol. The summed E-state index contributed by atoms with van der Waals surface area (Å²) in [4.78, 5) is 22.7. The maximum absolute atomic E-state index is 11.4. The Morgan fingerprint density at radius 2 is 1.94 bits per heavy atom. The van der Waals surface area contributed by atoms with E-state index >= 15 is 0 Å². The molecular formula is C10H9N3O2S. The molecule has 0 radical (unpaired) electrons. The van der Waals surface area contributed by atoms with E-state index in [0.717, 1.165) is 0 Å². The number of anilines is 1. The summed E-state index contributed by atoms with van der Waals surface area (Å²) in [6, 6.07) is 4.88. The van der Waals surface area contributed by atoms with Gasteiger partial charge in [-0.2, -0.15) is 0 Å². The Bertz CT molecular complexity index is 499. The average molecular weight is 235 g/mol. The Morgan fingerprint density at radius 1 is 1.25 bits per heavy atom. The molecule has 3 N–H and O–H groups in total. The van der Waals surface area contributed by atoms with Crippen LogP contribution in [0.15, 0.2) is 18.2 Å². The van der Waals surface area contributed by atoms with Gasteiger partial charge in [-0.25, -0.2) is 0 Å². The van der Waals surface area contributed by atoms with Crippen LogP contribution in [-0.4, -0.2) is 24.0 Å². The van der Waals surface area contributed by atoms with Gasteiger partial charge in [0, 0.05) is 12.7 Å². The molecule has 0 fully saturated rings. The van der Waals surface area contributed by atoms with E-state index in [2.05, 4.69) is 16.0 Å². The van der Waals surface area contributed by atoms with Crippen molar-refractivity contribution in [3.63, 3.8) is 0 Å². The normalized spacial score (nSPS) is 13.1. The SMILES string of the molecule is CNC(=S)Nc1ccc2c(c1)C(=O)NC2=O. The third-order valence-electron chi connectivity index (χ3n) is 2.22. The lowest BCUT2D eigenvalue weighted by Gasteiger charge is -2.07. The summed E-state index contributed by atoms with van der Waals surface area (Å²) in [5.74, 6) is -0.734. The predicted molar refractivity (Wildman–Crippen MR) is 63.5 cm³/mol. The van der Waals surface area contributed by atoms with Crippen LogP contribution in [0.5, 0.6) is 0 Å². The molecule has 0 aliphatic carbocycles. The van der Waals surface area contributed by atoms with Crippen molar-refractivity contribution in [2.24, 2.45) is 0 Å². The molecule has 6 heteroatoms. The molecule has 0 atom stereocenters. The quantitative estimate of drug-likeness (QED) is 0.488. The summed E-state index contributed by atoms with van der Waals surface area (Å²) in [5.41, 5.74) is 1.43. The lowest BCUT2D eigenvalue weighted by Crippen LogP contribution is -2.24. The largest absolute Gasteiger partial charge is 0.366 e. The Labute approximate surface area is 97.2 Å². The van der Waals surface area contributed by atoms with Crippen LogP contribution >= 0.6 is 12.2 Å². The zero-order chi connectivity index (χ0) is 11.7. The van der Waals surface area contributed by atoms with Crippen molar-refractivity contribution in [3.8, 4) is 0 Å². The van der Waals surface area contributed by atoms with E-state index in [1.54, 1.807) is 25.2 Å². The smallest absolute Gasteiger partial charge is 0.259 e. The van der Waals surface area contributed by atoms with Crippen molar-refractivity contribution >= 4 is 34.8 Å². The van der Waals surface area contributed by atoms with Gasteiger partial charge in [-0.15, -0.1) is 0 Å². The number of nitrogens with one attached hydrogen (secondary N) is 3. The van der Waals surface area contributed by atoms with Crippen LogP contribution in [0, 0.1) is 0 Å². The van der Waals surface area contributed by atoms with Gasteiger partial charge in [0.2, 0.25) is 0 Å². The summed E-state index contributed by atoms with van der Waals surface area (Å²) in [6.45, 7) is 0. The molecule has 1 heterocycles. The minimum atomic E-state index is -0.376. The van der Waals surface area contributed by atoms with Crippen LogP contribution in [0.4, 0.5) is 5.69 Å². The number of hydrogen-bond donors (Lipinski definition) is 3. The van der Waals surface area contributed by atoms with Gasteiger partial charge in [-0.1, -0.05) is 0 Å². The molecule has 0 aromatic heterocycles. The number of imide groups is 1. The number of thiocarbonyl (C=S) groups is 1. The number of rotatable bonds is 1. The summed E-state index contributed by atoms with van der Waals surface area (Å²) >= 11 is 4.93. The van der Waals surface area contributed by atoms with Crippen LogP contribution in [0.25, 0.3) is 0 Å². The van der Waals surface area contributed by atoms with Gasteiger partial charge >= 0.3 is 0 Å². The van der Waals surface area contributed by atoms with Crippen LogP contribution in [0.3, 0.4) is 0 Å². The molecule has 1 aliphatic rings. The number of amides is 2. The van der Waals surface area contributed by atoms with Crippen molar-refractivity contribution in [1.82, 2.24) is 10.6 Å². The highest BCUT2D eigenvalue weighted by Crippen LogP contribution is 2.20. The second-order valence-corrected chi connectivity index (χ2v) is 3.66.